The third kappa shape index (κ3) is 2.81. The highest BCUT2D eigenvalue weighted by Gasteiger charge is 2.40. The molecule has 2 atom stereocenters. The fourth-order valence-corrected chi connectivity index (χ4v) is 4.71. The molecule has 2 heterocycles. The zero-order valence-corrected chi connectivity index (χ0v) is 16.5. The number of nitrogens with zero attached hydrogens (tertiary/aromatic N) is 1. The number of hydrogen-bond acceptors (Lipinski definition) is 3. The molecule has 0 saturated heterocycles. The van der Waals surface area contributed by atoms with Crippen molar-refractivity contribution in [1.29, 1.82) is 0 Å². The van der Waals surface area contributed by atoms with Crippen molar-refractivity contribution in [3.63, 3.8) is 0 Å². The number of carbonyl (C=O) groups is 1. The minimum Gasteiger partial charge on any atom is -0.371 e. The Morgan fingerprint density at radius 2 is 2.00 bits per heavy atom. The van der Waals surface area contributed by atoms with Crippen molar-refractivity contribution in [2.45, 2.75) is 38.0 Å². The summed E-state index contributed by atoms with van der Waals surface area (Å²) in [7, 11) is 0. The van der Waals surface area contributed by atoms with Gasteiger partial charge >= 0.3 is 0 Å². The van der Waals surface area contributed by atoms with E-state index in [4.69, 9.17) is 0 Å². The van der Waals surface area contributed by atoms with E-state index in [1.54, 1.807) is 0 Å². The fourth-order valence-electron chi connectivity index (χ4n) is 4.49. The third-order valence-corrected chi connectivity index (χ3v) is 6.61. The van der Waals surface area contributed by atoms with Gasteiger partial charge in [-0.3, -0.25) is 4.79 Å². The zero-order chi connectivity index (χ0) is 18.3. The average Bonchev–Trinajstić information content (AvgIpc) is 2.67. The molecule has 0 bridgehead atoms. The molecule has 0 radical (unpaired) electrons. The van der Waals surface area contributed by atoms with Gasteiger partial charge in [-0.25, -0.2) is 0 Å². The van der Waals surface area contributed by atoms with Gasteiger partial charge in [0.15, 0.2) is 0 Å². The molecule has 3 nitrogen and oxygen atoms in total. The summed E-state index contributed by atoms with van der Waals surface area (Å²) in [4.78, 5) is 14.5. The molecule has 2 aromatic rings. The number of nitrogens with one attached hydrogen (secondary N) is 1. The molecule has 1 amide bonds. The number of thioether (sulfide) groups is 1. The van der Waals surface area contributed by atoms with Gasteiger partial charge in [-0.05, 0) is 53.8 Å². The molecular formula is C22H26N2OS. The van der Waals surface area contributed by atoms with E-state index in [1.807, 2.05) is 6.26 Å². The molecule has 0 aliphatic carbocycles. The standard InChI is InChI=1S/C22H26N2OS/c1-15-9-11-24-12-10-22(2,16-7-5-4-6-8-16)19-14-17(23-21(25)26-3)13-18(15)20(19)24/h4-8,13-15H,9-12H2,1-3H3,(H,23,25). The maximum Gasteiger partial charge on any atom is 0.283 e. The van der Waals surface area contributed by atoms with Crippen LogP contribution in [0.1, 0.15) is 49.3 Å². The van der Waals surface area contributed by atoms with Crippen LogP contribution < -0.4 is 10.2 Å². The van der Waals surface area contributed by atoms with Gasteiger partial charge in [-0.2, -0.15) is 0 Å². The molecule has 26 heavy (non-hydrogen) atoms. The molecule has 2 aliphatic rings. The highest BCUT2D eigenvalue weighted by Crippen LogP contribution is 2.50. The Kier molecular flexibility index (Phi) is 4.47. The molecule has 2 aromatic carbocycles. The molecule has 0 saturated carbocycles. The van der Waals surface area contributed by atoms with Crippen LogP contribution in [0.25, 0.3) is 0 Å². The third-order valence-electron chi connectivity index (χ3n) is 6.14. The van der Waals surface area contributed by atoms with E-state index in [-0.39, 0.29) is 10.7 Å². The van der Waals surface area contributed by atoms with E-state index in [0.29, 0.717) is 5.92 Å². The topological polar surface area (TPSA) is 32.3 Å². The number of hydrogen-bond donors (Lipinski definition) is 1. The van der Waals surface area contributed by atoms with Crippen LogP contribution in [0.15, 0.2) is 42.5 Å². The highest BCUT2D eigenvalue weighted by molar-refractivity contribution is 8.13. The Hall–Kier alpha value is -1.94. The molecular weight excluding hydrogens is 340 g/mol. The van der Waals surface area contributed by atoms with Crippen molar-refractivity contribution in [3.05, 3.63) is 59.2 Å². The van der Waals surface area contributed by atoms with Crippen LogP contribution in [-0.4, -0.2) is 24.6 Å². The summed E-state index contributed by atoms with van der Waals surface area (Å²) >= 11 is 1.22. The number of amides is 1. The Bertz CT molecular complexity index is 836. The van der Waals surface area contributed by atoms with Crippen LogP contribution in [0.4, 0.5) is 16.2 Å². The van der Waals surface area contributed by atoms with E-state index in [2.05, 4.69) is 66.5 Å². The smallest absolute Gasteiger partial charge is 0.283 e. The van der Waals surface area contributed by atoms with Crippen molar-refractivity contribution < 1.29 is 4.79 Å². The minimum absolute atomic E-state index is 0.00491. The Morgan fingerprint density at radius 3 is 2.73 bits per heavy atom. The summed E-state index contributed by atoms with van der Waals surface area (Å²) in [6.07, 6.45) is 4.09. The number of rotatable bonds is 2. The summed E-state index contributed by atoms with van der Waals surface area (Å²) in [6, 6.07) is 15.2. The summed E-state index contributed by atoms with van der Waals surface area (Å²) in [5, 5.41) is 3.07. The number of benzene rings is 2. The molecule has 136 valence electrons. The summed E-state index contributed by atoms with van der Waals surface area (Å²) in [5.41, 5.74) is 6.40. The lowest BCUT2D eigenvalue weighted by Gasteiger charge is -2.47. The van der Waals surface area contributed by atoms with Gasteiger partial charge in [0.1, 0.15) is 0 Å². The Balaban J connectivity index is 1.91. The molecule has 2 aliphatic heterocycles. The first-order valence-electron chi connectivity index (χ1n) is 9.37. The van der Waals surface area contributed by atoms with Crippen LogP contribution >= 0.6 is 11.8 Å². The van der Waals surface area contributed by atoms with Crippen LogP contribution in [-0.2, 0) is 5.41 Å². The molecule has 0 aromatic heterocycles. The molecule has 0 spiro atoms. The van der Waals surface area contributed by atoms with E-state index in [0.717, 1.165) is 25.2 Å². The Labute approximate surface area is 160 Å². The maximum absolute atomic E-state index is 12.0. The van der Waals surface area contributed by atoms with E-state index >= 15 is 0 Å². The SMILES string of the molecule is CSC(=O)Nc1cc2c3c(c1)C(C)(c1ccccc1)CCN3CCC2C. The van der Waals surface area contributed by atoms with Gasteiger partial charge in [0.25, 0.3) is 5.24 Å². The van der Waals surface area contributed by atoms with Crippen LogP contribution in [0.3, 0.4) is 0 Å². The van der Waals surface area contributed by atoms with E-state index in [1.165, 1.54) is 40.6 Å². The summed E-state index contributed by atoms with van der Waals surface area (Å²) in [5.74, 6) is 0.518. The van der Waals surface area contributed by atoms with Gasteiger partial charge in [-0.15, -0.1) is 0 Å². The first-order valence-corrected chi connectivity index (χ1v) is 10.6. The van der Waals surface area contributed by atoms with Crippen LogP contribution in [0.5, 0.6) is 0 Å². The lowest BCUT2D eigenvalue weighted by atomic mass is 9.68. The average molecular weight is 367 g/mol. The Morgan fingerprint density at radius 1 is 1.23 bits per heavy atom. The molecule has 4 rings (SSSR count). The minimum atomic E-state index is -0.0288. The second kappa shape index (κ2) is 6.66. The fraction of sp³-hybridized carbons (Fsp3) is 0.409. The number of carbonyl (C=O) groups excluding carboxylic acids is 1. The van der Waals surface area contributed by atoms with Gasteiger partial charge < -0.3 is 10.2 Å². The van der Waals surface area contributed by atoms with Gasteiger partial charge in [0, 0.05) is 29.9 Å². The predicted molar refractivity (Wildman–Crippen MR) is 112 cm³/mol. The van der Waals surface area contributed by atoms with Crippen molar-refractivity contribution in [3.8, 4) is 0 Å². The van der Waals surface area contributed by atoms with Gasteiger partial charge in [0.05, 0.1) is 0 Å². The second-order valence-electron chi connectivity index (χ2n) is 7.70. The first kappa shape index (κ1) is 17.5. The van der Waals surface area contributed by atoms with Crippen molar-refractivity contribution in [2.24, 2.45) is 0 Å². The van der Waals surface area contributed by atoms with Crippen LogP contribution in [0, 0.1) is 0 Å². The maximum atomic E-state index is 12.0. The lowest BCUT2D eigenvalue weighted by molar-refractivity contribution is 0.270. The van der Waals surface area contributed by atoms with Crippen molar-refractivity contribution in [1.82, 2.24) is 0 Å². The van der Waals surface area contributed by atoms with Crippen molar-refractivity contribution >= 4 is 28.4 Å². The monoisotopic (exact) mass is 366 g/mol. The second-order valence-corrected chi connectivity index (χ2v) is 8.48. The largest absolute Gasteiger partial charge is 0.371 e. The van der Waals surface area contributed by atoms with Crippen molar-refractivity contribution in [2.75, 3.05) is 29.6 Å². The molecule has 1 N–H and O–H groups in total. The normalized spacial score (nSPS) is 24.1. The predicted octanol–water partition coefficient (Wildman–Crippen LogP) is 5.60. The lowest BCUT2D eigenvalue weighted by Crippen LogP contribution is -2.43. The molecule has 0 fully saturated rings. The number of anilines is 2. The highest BCUT2D eigenvalue weighted by atomic mass is 32.2. The van der Waals surface area contributed by atoms with Crippen LogP contribution in [0.2, 0.25) is 0 Å². The molecule has 4 heteroatoms. The zero-order valence-electron chi connectivity index (χ0n) is 15.7. The summed E-state index contributed by atoms with van der Waals surface area (Å²) in [6.45, 7) is 6.88. The summed E-state index contributed by atoms with van der Waals surface area (Å²) < 4.78 is 0. The van der Waals surface area contributed by atoms with Gasteiger partial charge in [-0.1, -0.05) is 55.9 Å². The van der Waals surface area contributed by atoms with E-state index < -0.39 is 0 Å². The first-order chi connectivity index (χ1) is 12.5. The molecule has 2 unspecified atom stereocenters. The van der Waals surface area contributed by atoms with Gasteiger partial charge in [0.2, 0.25) is 0 Å². The van der Waals surface area contributed by atoms with E-state index in [9.17, 15) is 4.79 Å². The quantitative estimate of drug-likeness (QED) is 0.750.